The van der Waals surface area contributed by atoms with E-state index in [1.165, 1.54) is 0 Å². The molecule has 1 fully saturated rings. The Morgan fingerprint density at radius 2 is 2.14 bits per heavy atom. The Kier molecular flexibility index (Phi) is 4.87. The summed E-state index contributed by atoms with van der Waals surface area (Å²) in [5, 5.41) is 0.0584. The molecule has 0 bridgehead atoms. The Hall–Kier alpha value is -0.370. The lowest BCUT2D eigenvalue weighted by Crippen LogP contribution is -2.41. The van der Waals surface area contributed by atoms with Gasteiger partial charge in [-0.1, -0.05) is 24.9 Å². The highest BCUT2D eigenvalue weighted by Gasteiger charge is 2.36. The average molecular weight is 400 g/mol. The van der Waals surface area contributed by atoms with Crippen molar-refractivity contribution >= 4 is 43.2 Å². The molecule has 0 radical (unpaired) electrons. The number of anilines is 1. The van der Waals surface area contributed by atoms with E-state index in [1.54, 1.807) is 0 Å². The van der Waals surface area contributed by atoms with Crippen LogP contribution >= 0.6 is 27.5 Å². The van der Waals surface area contributed by atoms with Gasteiger partial charge < -0.3 is 5.73 Å². The van der Waals surface area contributed by atoms with Crippen molar-refractivity contribution in [3.63, 3.8) is 0 Å². The Balaban J connectivity index is 2.28. The Labute approximate surface area is 137 Å². The second-order valence-electron chi connectivity index (χ2n) is 5.43. The molecule has 0 amide bonds. The Morgan fingerprint density at radius 1 is 1.52 bits per heavy atom. The van der Waals surface area contributed by atoms with Gasteiger partial charge >= 0.3 is 0 Å². The first kappa shape index (κ1) is 17.0. The third-order valence-corrected chi connectivity index (χ3v) is 7.03. The lowest BCUT2D eigenvalue weighted by atomic mass is 9.67. The first-order chi connectivity index (χ1) is 9.72. The van der Waals surface area contributed by atoms with Crippen LogP contribution in [0.5, 0.6) is 0 Å². The van der Waals surface area contributed by atoms with E-state index in [4.69, 9.17) is 17.3 Å². The van der Waals surface area contributed by atoms with E-state index in [-0.39, 0.29) is 20.6 Å². The van der Waals surface area contributed by atoms with Gasteiger partial charge in [0.15, 0.2) is 5.82 Å². The van der Waals surface area contributed by atoms with E-state index in [0.29, 0.717) is 6.54 Å². The van der Waals surface area contributed by atoms with E-state index in [0.717, 1.165) is 31.7 Å². The maximum atomic E-state index is 14.1. The minimum absolute atomic E-state index is 0.00571. The zero-order valence-corrected chi connectivity index (χ0v) is 14.7. The van der Waals surface area contributed by atoms with Crippen molar-refractivity contribution in [2.24, 2.45) is 5.41 Å². The number of sulfonamides is 1. The largest absolute Gasteiger partial charge is 0.395 e. The summed E-state index contributed by atoms with van der Waals surface area (Å²) in [4.78, 5) is -0.515. The maximum absolute atomic E-state index is 14.1. The molecule has 1 aliphatic rings. The van der Waals surface area contributed by atoms with Gasteiger partial charge in [0, 0.05) is 6.54 Å². The summed E-state index contributed by atoms with van der Waals surface area (Å²) >= 11 is 8.89. The van der Waals surface area contributed by atoms with Crippen molar-refractivity contribution in [1.82, 2.24) is 4.72 Å². The highest BCUT2D eigenvalue weighted by atomic mass is 79.9. The molecule has 0 unspecified atom stereocenters. The van der Waals surface area contributed by atoms with Crippen LogP contribution < -0.4 is 10.5 Å². The van der Waals surface area contributed by atoms with Crippen LogP contribution in [-0.4, -0.2) is 15.0 Å². The molecule has 0 aromatic heterocycles. The van der Waals surface area contributed by atoms with Crippen LogP contribution in [0.15, 0.2) is 15.4 Å². The fourth-order valence-electron chi connectivity index (χ4n) is 2.45. The summed E-state index contributed by atoms with van der Waals surface area (Å²) in [5.41, 5.74) is 5.21. The van der Waals surface area contributed by atoms with E-state index in [2.05, 4.69) is 20.7 Å². The highest BCUT2D eigenvalue weighted by Crippen LogP contribution is 2.43. The molecule has 0 saturated heterocycles. The number of hydrogen-bond donors (Lipinski definition) is 2. The summed E-state index contributed by atoms with van der Waals surface area (Å²) < 4.78 is 41.3. The van der Waals surface area contributed by atoms with E-state index >= 15 is 0 Å². The monoisotopic (exact) mass is 398 g/mol. The summed E-state index contributed by atoms with van der Waals surface area (Å²) in [5.74, 6) is -0.988. The topological polar surface area (TPSA) is 72.2 Å². The molecular formula is C13H17BrClFN2O2S. The second kappa shape index (κ2) is 6.02. The molecule has 118 valence electrons. The van der Waals surface area contributed by atoms with Crippen molar-refractivity contribution in [2.45, 2.75) is 37.5 Å². The SMILES string of the molecule is CCC1(CNS(=O)(=O)c2cc(Cl)c(Br)c(N)c2F)CCC1. The molecule has 1 aliphatic carbocycles. The molecule has 3 N–H and O–H groups in total. The van der Waals surface area contributed by atoms with Crippen LogP contribution in [0.4, 0.5) is 10.1 Å². The van der Waals surface area contributed by atoms with Gasteiger partial charge in [0.05, 0.1) is 15.2 Å². The van der Waals surface area contributed by atoms with Crippen molar-refractivity contribution in [3.05, 3.63) is 21.4 Å². The minimum atomic E-state index is -3.98. The number of rotatable bonds is 5. The number of hydrogen-bond acceptors (Lipinski definition) is 3. The van der Waals surface area contributed by atoms with Gasteiger partial charge in [-0.3, -0.25) is 0 Å². The normalized spacial score (nSPS) is 17.5. The van der Waals surface area contributed by atoms with Gasteiger partial charge in [-0.15, -0.1) is 0 Å². The molecular weight excluding hydrogens is 383 g/mol. The average Bonchev–Trinajstić information content (AvgIpc) is 2.39. The number of nitrogen functional groups attached to an aromatic ring is 1. The van der Waals surface area contributed by atoms with Crippen LogP contribution in [0.2, 0.25) is 5.02 Å². The van der Waals surface area contributed by atoms with Crippen molar-refractivity contribution < 1.29 is 12.8 Å². The molecule has 1 aromatic carbocycles. The van der Waals surface area contributed by atoms with Gasteiger partial charge in [-0.05, 0) is 46.7 Å². The van der Waals surface area contributed by atoms with Crippen LogP contribution in [0.3, 0.4) is 0 Å². The predicted octanol–water partition coefficient (Wildman–Crippen LogP) is 3.68. The molecule has 0 spiro atoms. The molecule has 1 saturated carbocycles. The quantitative estimate of drug-likeness (QED) is 0.586. The molecule has 4 nitrogen and oxygen atoms in total. The van der Waals surface area contributed by atoms with E-state index < -0.39 is 20.7 Å². The Bertz CT molecular complexity index is 657. The standard InChI is InChI=1S/C13H17BrClFN2O2S/c1-2-13(4-3-5-13)7-18-21(19,20)9-6-8(15)10(14)12(17)11(9)16/h6,18H,2-5,7,17H2,1H3. The van der Waals surface area contributed by atoms with Gasteiger partial charge in [0.25, 0.3) is 0 Å². The van der Waals surface area contributed by atoms with Crippen LogP contribution in [-0.2, 0) is 10.0 Å². The third-order valence-electron chi connectivity index (χ3n) is 4.25. The molecule has 2 rings (SSSR count). The number of nitrogens with one attached hydrogen (secondary N) is 1. The molecule has 0 heterocycles. The first-order valence-electron chi connectivity index (χ1n) is 6.65. The third kappa shape index (κ3) is 3.21. The Morgan fingerprint density at radius 3 is 2.62 bits per heavy atom. The number of benzene rings is 1. The molecule has 0 atom stereocenters. The summed E-state index contributed by atoms with van der Waals surface area (Å²) in [7, 11) is -3.98. The minimum Gasteiger partial charge on any atom is -0.395 e. The van der Waals surface area contributed by atoms with E-state index in [1.807, 2.05) is 6.92 Å². The van der Waals surface area contributed by atoms with Gasteiger partial charge in [0.1, 0.15) is 4.90 Å². The van der Waals surface area contributed by atoms with Gasteiger partial charge in [0.2, 0.25) is 10.0 Å². The fourth-order valence-corrected chi connectivity index (χ4v) is 4.29. The second-order valence-corrected chi connectivity index (χ2v) is 8.37. The van der Waals surface area contributed by atoms with Crippen molar-refractivity contribution in [3.8, 4) is 0 Å². The molecule has 21 heavy (non-hydrogen) atoms. The van der Waals surface area contributed by atoms with E-state index in [9.17, 15) is 12.8 Å². The lowest BCUT2D eigenvalue weighted by molar-refractivity contribution is 0.133. The predicted molar refractivity (Wildman–Crippen MR) is 85.3 cm³/mol. The van der Waals surface area contributed by atoms with Crippen molar-refractivity contribution in [1.29, 1.82) is 0 Å². The summed E-state index contributed by atoms with van der Waals surface area (Å²) in [6.07, 6.45) is 3.96. The smallest absolute Gasteiger partial charge is 0.243 e. The molecule has 0 aliphatic heterocycles. The molecule has 8 heteroatoms. The van der Waals surface area contributed by atoms with Gasteiger partial charge in [-0.25, -0.2) is 17.5 Å². The first-order valence-corrected chi connectivity index (χ1v) is 9.30. The van der Waals surface area contributed by atoms with Gasteiger partial charge in [-0.2, -0.15) is 0 Å². The van der Waals surface area contributed by atoms with Crippen LogP contribution in [0.1, 0.15) is 32.6 Å². The zero-order valence-electron chi connectivity index (χ0n) is 11.5. The summed E-state index contributed by atoms with van der Waals surface area (Å²) in [6, 6.07) is 1.07. The highest BCUT2D eigenvalue weighted by molar-refractivity contribution is 9.10. The maximum Gasteiger partial charge on any atom is 0.243 e. The fraction of sp³-hybridized carbons (Fsp3) is 0.538. The lowest BCUT2D eigenvalue weighted by Gasteiger charge is -2.41. The zero-order chi connectivity index (χ0) is 15.8. The number of halogens is 3. The molecule has 1 aromatic rings. The van der Waals surface area contributed by atoms with Crippen LogP contribution in [0.25, 0.3) is 0 Å². The summed E-state index contributed by atoms with van der Waals surface area (Å²) in [6.45, 7) is 2.33. The number of nitrogens with two attached hydrogens (primary N) is 1. The van der Waals surface area contributed by atoms with Crippen LogP contribution in [0, 0.1) is 11.2 Å². The van der Waals surface area contributed by atoms with Crippen molar-refractivity contribution in [2.75, 3.05) is 12.3 Å².